The van der Waals surface area contributed by atoms with E-state index in [4.69, 9.17) is 4.74 Å². The van der Waals surface area contributed by atoms with Crippen LogP contribution in [0.3, 0.4) is 0 Å². The van der Waals surface area contributed by atoms with Gasteiger partial charge in [-0.1, -0.05) is 6.07 Å². The van der Waals surface area contributed by atoms with E-state index in [-0.39, 0.29) is 18.4 Å². The molecule has 0 radical (unpaired) electrons. The van der Waals surface area contributed by atoms with Crippen molar-refractivity contribution in [3.8, 4) is 0 Å². The van der Waals surface area contributed by atoms with Crippen LogP contribution in [0.4, 0.5) is 0 Å². The van der Waals surface area contributed by atoms with Crippen LogP contribution in [-0.2, 0) is 36.6 Å². The predicted octanol–water partition coefficient (Wildman–Crippen LogP) is 1.52. The summed E-state index contributed by atoms with van der Waals surface area (Å²) < 4.78 is 14.1. The van der Waals surface area contributed by atoms with Crippen LogP contribution in [-0.4, -0.2) is 39.2 Å². The van der Waals surface area contributed by atoms with Gasteiger partial charge in [0.05, 0.1) is 39.7 Å². The third-order valence-corrected chi connectivity index (χ3v) is 3.52. The van der Waals surface area contributed by atoms with Gasteiger partial charge >= 0.3 is 17.9 Å². The molecular formula is C16H20O6. The molecule has 0 saturated heterocycles. The molecule has 1 aromatic carbocycles. The van der Waals surface area contributed by atoms with E-state index in [2.05, 4.69) is 9.47 Å². The van der Waals surface area contributed by atoms with Crippen molar-refractivity contribution in [1.29, 1.82) is 0 Å². The molecule has 0 aliphatic heterocycles. The summed E-state index contributed by atoms with van der Waals surface area (Å²) in [5.41, 5.74) is 2.91. The third kappa shape index (κ3) is 3.84. The van der Waals surface area contributed by atoms with Gasteiger partial charge in [0.1, 0.15) is 0 Å². The van der Waals surface area contributed by atoms with E-state index in [1.807, 2.05) is 6.92 Å². The van der Waals surface area contributed by atoms with Crippen LogP contribution in [0, 0.1) is 13.8 Å². The molecule has 0 fully saturated rings. The highest BCUT2D eigenvalue weighted by Crippen LogP contribution is 2.25. The Morgan fingerprint density at radius 1 is 0.909 bits per heavy atom. The van der Waals surface area contributed by atoms with Crippen LogP contribution in [0.15, 0.2) is 6.07 Å². The minimum absolute atomic E-state index is 0.0406. The summed E-state index contributed by atoms with van der Waals surface area (Å²) in [6, 6.07) is 1.70. The number of hydrogen-bond donors (Lipinski definition) is 0. The zero-order valence-corrected chi connectivity index (χ0v) is 13.4. The fourth-order valence-corrected chi connectivity index (χ4v) is 2.35. The fraction of sp³-hybridized carbons (Fsp3) is 0.438. The number of carbonyl (C=O) groups excluding carboxylic acids is 3. The van der Waals surface area contributed by atoms with Crippen molar-refractivity contribution in [2.24, 2.45) is 0 Å². The molecule has 6 nitrogen and oxygen atoms in total. The zero-order valence-electron chi connectivity index (χ0n) is 13.4. The van der Waals surface area contributed by atoms with Gasteiger partial charge in [-0.25, -0.2) is 4.79 Å². The number of rotatable bonds is 5. The first-order chi connectivity index (χ1) is 10.3. The summed E-state index contributed by atoms with van der Waals surface area (Å²) in [6.07, 6.45) is 0.0117. The molecule has 1 aromatic rings. The van der Waals surface area contributed by atoms with Crippen molar-refractivity contribution in [3.63, 3.8) is 0 Å². The Hall–Kier alpha value is -2.37. The number of aryl methyl sites for hydroxylation is 1. The Balaban J connectivity index is 3.44. The SMILES string of the molecule is COC(=O)Cc1cc(C)c(CC(=O)OC)c(C)c1C(=O)OC. The van der Waals surface area contributed by atoms with Gasteiger partial charge in [0.15, 0.2) is 0 Å². The number of esters is 3. The van der Waals surface area contributed by atoms with Gasteiger partial charge in [0, 0.05) is 0 Å². The van der Waals surface area contributed by atoms with E-state index in [1.54, 1.807) is 13.0 Å². The topological polar surface area (TPSA) is 78.9 Å². The van der Waals surface area contributed by atoms with E-state index in [0.717, 1.165) is 5.56 Å². The lowest BCUT2D eigenvalue weighted by Gasteiger charge is -2.17. The molecule has 0 amide bonds. The second kappa shape index (κ2) is 7.59. The smallest absolute Gasteiger partial charge is 0.338 e. The van der Waals surface area contributed by atoms with Gasteiger partial charge in [0.25, 0.3) is 0 Å². The summed E-state index contributed by atoms with van der Waals surface area (Å²) in [6.45, 7) is 3.53. The molecule has 1 rings (SSSR count). The minimum atomic E-state index is -0.553. The molecule has 0 atom stereocenters. The number of hydrogen-bond acceptors (Lipinski definition) is 6. The van der Waals surface area contributed by atoms with Crippen molar-refractivity contribution in [1.82, 2.24) is 0 Å². The van der Waals surface area contributed by atoms with E-state index in [9.17, 15) is 14.4 Å². The molecule has 22 heavy (non-hydrogen) atoms. The van der Waals surface area contributed by atoms with Crippen LogP contribution in [0.25, 0.3) is 0 Å². The molecule has 120 valence electrons. The second-order valence-electron chi connectivity index (χ2n) is 4.83. The van der Waals surface area contributed by atoms with Crippen LogP contribution in [0.5, 0.6) is 0 Å². The lowest BCUT2D eigenvalue weighted by Crippen LogP contribution is -2.17. The predicted molar refractivity (Wildman–Crippen MR) is 78.7 cm³/mol. The fourth-order valence-electron chi connectivity index (χ4n) is 2.35. The maximum atomic E-state index is 12.1. The number of ether oxygens (including phenoxy) is 3. The molecular weight excluding hydrogens is 288 g/mol. The second-order valence-corrected chi connectivity index (χ2v) is 4.83. The number of benzene rings is 1. The largest absolute Gasteiger partial charge is 0.469 e. The van der Waals surface area contributed by atoms with Crippen LogP contribution < -0.4 is 0 Å². The summed E-state index contributed by atoms with van der Waals surface area (Å²) in [5, 5.41) is 0. The lowest BCUT2D eigenvalue weighted by molar-refractivity contribution is -0.140. The Morgan fingerprint density at radius 2 is 1.45 bits per heavy atom. The molecule has 0 N–H and O–H groups in total. The zero-order chi connectivity index (χ0) is 16.9. The Morgan fingerprint density at radius 3 is 1.95 bits per heavy atom. The average Bonchev–Trinajstić information content (AvgIpc) is 2.50. The van der Waals surface area contributed by atoms with Gasteiger partial charge in [0.2, 0.25) is 0 Å². The highest BCUT2D eigenvalue weighted by molar-refractivity contribution is 5.95. The van der Waals surface area contributed by atoms with Crippen molar-refractivity contribution >= 4 is 17.9 Å². The minimum Gasteiger partial charge on any atom is -0.469 e. The quantitative estimate of drug-likeness (QED) is 0.606. The molecule has 0 saturated carbocycles. The Labute approximate surface area is 129 Å². The molecule has 0 aliphatic rings. The standard InChI is InChI=1S/C16H20O6/c1-9-6-11(7-13(17)20-3)15(16(19)22-5)10(2)12(9)8-14(18)21-4/h6H,7-8H2,1-5H3. The summed E-state index contributed by atoms with van der Waals surface area (Å²) in [7, 11) is 3.86. The maximum Gasteiger partial charge on any atom is 0.338 e. The van der Waals surface area contributed by atoms with Crippen molar-refractivity contribution < 1.29 is 28.6 Å². The first-order valence-electron chi connectivity index (χ1n) is 6.69. The molecule has 0 unspecified atom stereocenters. The van der Waals surface area contributed by atoms with E-state index in [0.29, 0.717) is 16.7 Å². The summed E-state index contributed by atoms with van der Waals surface area (Å²) >= 11 is 0. The van der Waals surface area contributed by atoms with E-state index >= 15 is 0 Å². The molecule has 0 aliphatic carbocycles. The van der Waals surface area contributed by atoms with Crippen molar-refractivity contribution in [3.05, 3.63) is 33.9 Å². The lowest BCUT2D eigenvalue weighted by atomic mass is 9.90. The summed E-state index contributed by atoms with van der Waals surface area (Å²) in [5.74, 6) is -1.41. The maximum absolute atomic E-state index is 12.1. The van der Waals surface area contributed by atoms with Gasteiger partial charge in [-0.2, -0.15) is 0 Å². The van der Waals surface area contributed by atoms with Gasteiger partial charge in [-0.15, -0.1) is 0 Å². The van der Waals surface area contributed by atoms with Crippen LogP contribution >= 0.6 is 0 Å². The van der Waals surface area contributed by atoms with Crippen molar-refractivity contribution in [2.75, 3.05) is 21.3 Å². The van der Waals surface area contributed by atoms with Gasteiger partial charge < -0.3 is 14.2 Å². The number of methoxy groups -OCH3 is 3. The van der Waals surface area contributed by atoms with Crippen LogP contribution in [0.2, 0.25) is 0 Å². The average molecular weight is 308 g/mol. The third-order valence-electron chi connectivity index (χ3n) is 3.52. The number of carbonyl (C=O) groups is 3. The highest BCUT2D eigenvalue weighted by Gasteiger charge is 2.22. The first kappa shape index (κ1) is 17.7. The van der Waals surface area contributed by atoms with Gasteiger partial charge in [-0.05, 0) is 36.1 Å². The highest BCUT2D eigenvalue weighted by atomic mass is 16.5. The van der Waals surface area contributed by atoms with E-state index in [1.165, 1.54) is 21.3 Å². The molecule has 0 aromatic heterocycles. The first-order valence-corrected chi connectivity index (χ1v) is 6.69. The molecule has 0 bridgehead atoms. The van der Waals surface area contributed by atoms with Crippen molar-refractivity contribution in [2.45, 2.75) is 26.7 Å². The van der Waals surface area contributed by atoms with Crippen LogP contribution in [0.1, 0.15) is 32.6 Å². The Bertz CT molecular complexity index is 603. The molecule has 0 spiro atoms. The monoisotopic (exact) mass is 308 g/mol. The van der Waals surface area contributed by atoms with E-state index < -0.39 is 17.9 Å². The molecule has 6 heteroatoms. The summed E-state index contributed by atoms with van der Waals surface area (Å²) in [4.78, 5) is 35.1. The van der Waals surface area contributed by atoms with Gasteiger partial charge in [-0.3, -0.25) is 9.59 Å². The Kier molecular flexibility index (Phi) is 6.10. The normalized spacial score (nSPS) is 10.0. The molecule has 0 heterocycles.